The summed E-state index contributed by atoms with van der Waals surface area (Å²) in [6.45, 7) is 3.74. The number of Topliss-reactive ketones (excluding diaryl/α,β-unsaturated/α-hetero) is 1. The molecular formula is C16H22O4S. The fourth-order valence-corrected chi connectivity index (χ4v) is 3.67. The molecule has 0 saturated heterocycles. The van der Waals surface area contributed by atoms with Gasteiger partial charge in [-0.1, -0.05) is 17.7 Å². The lowest BCUT2D eigenvalue weighted by atomic mass is 9.81. The van der Waals surface area contributed by atoms with Crippen molar-refractivity contribution >= 4 is 15.9 Å². The van der Waals surface area contributed by atoms with Crippen LogP contribution in [0.25, 0.3) is 0 Å². The molecule has 4 nitrogen and oxygen atoms in total. The average molecular weight is 310 g/mol. The molecule has 1 aliphatic rings. The standard InChI is InChI=1S/C16H22O4S/c1-12-3-9-16(10-4-12)21(18,19)20-11-14-5-7-15(8-6-14)13(2)17/h3-4,9-10,14-15H,5-8,11H2,1-2H3/t14-,15-. The molecule has 1 fully saturated rings. The van der Waals surface area contributed by atoms with Crippen molar-refractivity contribution in [3.05, 3.63) is 29.8 Å². The molecular weight excluding hydrogens is 288 g/mol. The van der Waals surface area contributed by atoms with Crippen LogP contribution in [0.1, 0.15) is 38.2 Å². The molecule has 1 aliphatic carbocycles. The number of carbonyl (C=O) groups is 1. The Balaban J connectivity index is 1.88. The van der Waals surface area contributed by atoms with E-state index < -0.39 is 10.1 Å². The second kappa shape index (κ2) is 6.71. The van der Waals surface area contributed by atoms with Gasteiger partial charge in [0, 0.05) is 5.92 Å². The Morgan fingerprint density at radius 3 is 2.24 bits per heavy atom. The molecule has 0 heterocycles. The lowest BCUT2D eigenvalue weighted by molar-refractivity contribution is -0.121. The van der Waals surface area contributed by atoms with Crippen LogP contribution in [0.5, 0.6) is 0 Å². The first-order chi connectivity index (χ1) is 9.88. The second-order valence-electron chi connectivity index (χ2n) is 5.88. The van der Waals surface area contributed by atoms with Gasteiger partial charge in [0.15, 0.2) is 0 Å². The molecule has 0 spiro atoms. The van der Waals surface area contributed by atoms with Crippen molar-refractivity contribution in [3.8, 4) is 0 Å². The highest BCUT2D eigenvalue weighted by atomic mass is 32.2. The molecule has 5 heteroatoms. The van der Waals surface area contributed by atoms with Gasteiger partial charge < -0.3 is 0 Å². The number of ketones is 1. The third-order valence-corrected chi connectivity index (χ3v) is 5.49. The SMILES string of the molecule is Cc1ccc(S(=O)(=O)OC[C@H]2CC[C@H](C(C)=O)CC2)cc1. The number of benzene rings is 1. The molecule has 0 aliphatic heterocycles. The minimum atomic E-state index is -3.67. The summed E-state index contributed by atoms with van der Waals surface area (Å²) in [7, 11) is -3.67. The monoisotopic (exact) mass is 310 g/mol. The number of hydrogen-bond acceptors (Lipinski definition) is 4. The van der Waals surface area contributed by atoms with E-state index in [2.05, 4.69) is 0 Å². The van der Waals surface area contributed by atoms with Gasteiger partial charge in [-0.2, -0.15) is 8.42 Å². The van der Waals surface area contributed by atoms with Gasteiger partial charge in [-0.15, -0.1) is 0 Å². The van der Waals surface area contributed by atoms with Crippen LogP contribution in [-0.2, 0) is 19.1 Å². The molecule has 0 atom stereocenters. The van der Waals surface area contributed by atoms with E-state index in [-0.39, 0.29) is 29.1 Å². The summed E-state index contributed by atoms with van der Waals surface area (Å²) in [5, 5.41) is 0. The van der Waals surface area contributed by atoms with E-state index in [0.29, 0.717) is 0 Å². The van der Waals surface area contributed by atoms with Gasteiger partial charge in [0.05, 0.1) is 11.5 Å². The molecule has 0 bridgehead atoms. The summed E-state index contributed by atoms with van der Waals surface area (Å²) in [5.74, 6) is 0.609. The van der Waals surface area contributed by atoms with Crippen LogP contribution in [-0.4, -0.2) is 20.8 Å². The van der Waals surface area contributed by atoms with Crippen LogP contribution in [0.4, 0.5) is 0 Å². The quantitative estimate of drug-likeness (QED) is 0.784. The number of carbonyl (C=O) groups excluding carboxylic acids is 1. The maximum atomic E-state index is 12.1. The molecule has 0 N–H and O–H groups in total. The van der Waals surface area contributed by atoms with Crippen LogP contribution in [0.2, 0.25) is 0 Å². The Bertz CT molecular complexity index is 581. The van der Waals surface area contributed by atoms with Gasteiger partial charge in [0.1, 0.15) is 5.78 Å². The third-order valence-electron chi connectivity index (χ3n) is 4.19. The first-order valence-corrected chi connectivity index (χ1v) is 8.76. The van der Waals surface area contributed by atoms with Crippen molar-refractivity contribution in [3.63, 3.8) is 0 Å². The summed E-state index contributed by atoms with van der Waals surface area (Å²) >= 11 is 0. The van der Waals surface area contributed by atoms with E-state index in [0.717, 1.165) is 31.2 Å². The lowest BCUT2D eigenvalue weighted by Crippen LogP contribution is -2.23. The molecule has 116 valence electrons. The zero-order valence-electron chi connectivity index (χ0n) is 12.5. The fourth-order valence-electron chi connectivity index (χ4n) is 2.69. The Morgan fingerprint density at radius 1 is 1.14 bits per heavy atom. The summed E-state index contributed by atoms with van der Waals surface area (Å²) in [5.41, 5.74) is 1.01. The van der Waals surface area contributed by atoms with E-state index in [9.17, 15) is 13.2 Å². The largest absolute Gasteiger partial charge is 0.300 e. The van der Waals surface area contributed by atoms with Gasteiger partial charge in [0.25, 0.3) is 10.1 Å². The summed E-state index contributed by atoms with van der Waals surface area (Å²) < 4.78 is 29.3. The fraction of sp³-hybridized carbons (Fsp3) is 0.562. The zero-order valence-corrected chi connectivity index (χ0v) is 13.4. The Morgan fingerprint density at radius 2 is 1.71 bits per heavy atom. The Hall–Kier alpha value is -1.20. The topological polar surface area (TPSA) is 60.4 Å². The molecule has 0 unspecified atom stereocenters. The first kappa shape index (κ1) is 16.2. The minimum absolute atomic E-state index is 0.148. The third kappa shape index (κ3) is 4.38. The predicted octanol–water partition coefficient (Wildman–Crippen LogP) is 3.10. The van der Waals surface area contributed by atoms with Gasteiger partial charge in [-0.25, -0.2) is 0 Å². The van der Waals surface area contributed by atoms with Crippen molar-refractivity contribution < 1.29 is 17.4 Å². The van der Waals surface area contributed by atoms with Crippen molar-refractivity contribution in [1.82, 2.24) is 0 Å². The normalized spacial score (nSPS) is 23.0. The molecule has 1 aromatic carbocycles. The smallest absolute Gasteiger partial charge is 0.296 e. The van der Waals surface area contributed by atoms with Crippen LogP contribution in [0, 0.1) is 18.8 Å². The van der Waals surface area contributed by atoms with E-state index in [1.807, 2.05) is 6.92 Å². The van der Waals surface area contributed by atoms with E-state index in [1.54, 1.807) is 31.2 Å². The minimum Gasteiger partial charge on any atom is -0.300 e. The van der Waals surface area contributed by atoms with E-state index >= 15 is 0 Å². The maximum absolute atomic E-state index is 12.1. The van der Waals surface area contributed by atoms with Crippen LogP contribution in [0.15, 0.2) is 29.2 Å². The molecule has 0 amide bonds. The summed E-state index contributed by atoms with van der Waals surface area (Å²) in [4.78, 5) is 11.5. The number of hydrogen-bond donors (Lipinski definition) is 0. The van der Waals surface area contributed by atoms with Gasteiger partial charge >= 0.3 is 0 Å². The molecule has 2 rings (SSSR count). The second-order valence-corrected chi connectivity index (χ2v) is 7.50. The zero-order chi connectivity index (χ0) is 15.5. The molecule has 0 radical (unpaired) electrons. The predicted molar refractivity (Wildman–Crippen MR) is 80.4 cm³/mol. The summed E-state index contributed by atoms with van der Waals surface area (Å²) in [6, 6.07) is 6.65. The van der Waals surface area contributed by atoms with E-state index in [4.69, 9.17) is 4.18 Å². The lowest BCUT2D eigenvalue weighted by Gasteiger charge is -2.26. The highest BCUT2D eigenvalue weighted by Gasteiger charge is 2.26. The first-order valence-electron chi connectivity index (χ1n) is 7.35. The van der Waals surface area contributed by atoms with E-state index in [1.165, 1.54) is 0 Å². The van der Waals surface area contributed by atoms with Gasteiger partial charge in [0.2, 0.25) is 0 Å². The van der Waals surface area contributed by atoms with Crippen molar-refractivity contribution in [2.24, 2.45) is 11.8 Å². The molecule has 1 saturated carbocycles. The molecule has 0 aromatic heterocycles. The van der Waals surface area contributed by atoms with Crippen molar-refractivity contribution in [2.45, 2.75) is 44.4 Å². The Labute approximate surface area is 126 Å². The number of rotatable bonds is 5. The van der Waals surface area contributed by atoms with Crippen LogP contribution >= 0.6 is 0 Å². The van der Waals surface area contributed by atoms with Gasteiger partial charge in [-0.05, 0) is 57.6 Å². The average Bonchev–Trinajstić information content (AvgIpc) is 2.46. The highest BCUT2D eigenvalue weighted by Crippen LogP contribution is 2.30. The van der Waals surface area contributed by atoms with Crippen molar-refractivity contribution in [2.75, 3.05) is 6.61 Å². The van der Waals surface area contributed by atoms with Crippen LogP contribution in [0.3, 0.4) is 0 Å². The maximum Gasteiger partial charge on any atom is 0.296 e. The van der Waals surface area contributed by atoms with Gasteiger partial charge in [-0.3, -0.25) is 8.98 Å². The number of aryl methyl sites for hydroxylation is 1. The molecule has 21 heavy (non-hydrogen) atoms. The summed E-state index contributed by atoms with van der Waals surface area (Å²) in [6.07, 6.45) is 3.39. The Kier molecular flexibility index (Phi) is 5.17. The van der Waals surface area contributed by atoms with Crippen LogP contribution < -0.4 is 0 Å². The molecule has 1 aromatic rings. The van der Waals surface area contributed by atoms with Crippen molar-refractivity contribution in [1.29, 1.82) is 0 Å². The highest BCUT2D eigenvalue weighted by molar-refractivity contribution is 7.86.